The lowest BCUT2D eigenvalue weighted by Crippen LogP contribution is -1.81. The lowest BCUT2D eigenvalue weighted by Gasteiger charge is -2.08. The van der Waals surface area contributed by atoms with Gasteiger partial charge in [0, 0.05) is 0 Å². The largest absolute Gasteiger partial charge is 0.0616 e. The average Bonchev–Trinajstić information content (AvgIpc) is 2.96. The summed E-state index contributed by atoms with van der Waals surface area (Å²) in [4.78, 5) is 0. The minimum Gasteiger partial charge on any atom is -0.0616 e. The van der Waals surface area contributed by atoms with Crippen molar-refractivity contribution >= 4 is 32.3 Å². The quantitative estimate of drug-likeness (QED) is 0.271. The van der Waals surface area contributed by atoms with E-state index in [1.165, 1.54) is 54.6 Å². The van der Waals surface area contributed by atoms with Crippen LogP contribution in [0.4, 0.5) is 0 Å². The van der Waals surface area contributed by atoms with Crippen molar-refractivity contribution in [2.75, 3.05) is 0 Å². The SMILES string of the molecule is c1ccc2cc3c(cc2c1)-c1cccc2cc4ccccc4c-3c12. The molecule has 0 amide bonds. The maximum absolute atomic E-state index is 2.37. The summed E-state index contributed by atoms with van der Waals surface area (Å²) >= 11 is 0. The van der Waals surface area contributed by atoms with Gasteiger partial charge in [0.15, 0.2) is 0 Å². The highest BCUT2D eigenvalue weighted by Gasteiger charge is 2.23. The van der Waals surface area contributed by atoms with Crippen molar-refractivity contribution in [3.8, 4) is 22.3 Å². The Morgan fingerprint density at radius 2 is 1.08 bits per heavy atom. The maximum atomic E-state index is 2.37. The number of benzene rings is 5. The molecule has 0 heteroatoms. The number of rotatable bonds is 0. The first-order valence-electron chi connectivity index (χ1n) is 8.38. The van der Waals surface area contributed by atoms with Crippen LogP contribution in [-0.2, 0) is 0 Å². The molecule has 6 rings (SSSR count). The van der Waals surface area contributed by atoms with E-state index in [4.69, 9.17) is 0 Å². The summed E-state index contributed by atoms with van der Waals surface area (Å²) in [7, 11) is 0. The van der Waals surface area contributed by atoms with Crippen molar-refractivity contribution in [1.82, 2.24) is 0 Å². The highest BCUT2D eigenvalue weighted by Crippen LogP contribution is 2.51. The van der Waals surface area contributed by atoms with Gasteiger partial charge in [0.2, 0.25) is 0 Å². The predicted molar refractivity (Wildman–Crippen MR) is 103 cm³/mol. The van der Waals surface area contributed by atoms with Crippen molar-refractivity contribution in [3.05, 3.63) is 84.9 Å². The van der Waals surface area contributed by atoms with Gasteiger partial charge in [-0.25, -0.2) is 0 Å². The molecule has 0 saturated heterocycles. The van der Waals surface area contributed by atoms with Crippen LogP contribution in [0.25, 0.3) is 54.6 Å². The number of hydrogen-bond donors (Lipinski definition) is 0. The summed E-state index contributed by atoms with van der Waals surface area (Å²) in [5.41, 5.74) is 5.51. The van der Waals surface area contributed by atoms with Gasteiger partial charge in [-0.15, -0.1) is 0 Å². The maximum Gasteiger partial charge on any atom is -0.00141 e. The highest BCUT2D eigenvalue weighted by atomic mass is 14.3. The fourth-order valence-electron chi connectivity index (χ4n) is 4.30. The minimum absolute atomic E-state index is 1.31. The van der Waals surface area contributed by atoms with Crippen LogP contribution in [0.2, 0.25) is 0 Å². The molecule has 0 unspecified atom stereocenters. The van der Waals surface area contributed by atoms with Crippen LogP contribution >= 0.6 is 0 Å². The monoisotopic (exact) mass is 302 g/mol. The van der Waals surface area contributed by atoms with E-state index in [9.17, 15) is 0 Å². The lowest BCUT2D eigenvalue weighted by molar-refractivity contribution is 1.73. The Balaban J connectivity index is 1.91. The zero-order chi connectivity index (χ0) is 15.7. The van der Waals surface area contributed by atoms with Crippen LogP contribution in [0.5, 0.6) is 0 Å². The molecule has 1 aliphatic carbocycles. The third kappa shape index (κ3) is 1.43. The van der Waals surface area contributed by atoms with Gasteiger partial charge in [0.1, 0.15) is 0 Å². The Labute approximate surface area is 140 Å². The predicted octanol–water partition coefficient (Wildman–Crippen LogP) is 6.79. The van der Waals surface area contributed by atoms with Crippen molar-refractivity contribution in [3.63, 3.8) is 0 Å². The average molecular weight is 302 g/mol. The summed E-state index contributed by atoms with van der Waals surface area (Å²) in [5.74, 6) is 0. The Hall–Kier alpha value is -3.12. The normalized spacial score (nSPS) is 12.2. The minimum atomic E-state index is 1.31. The van der Waals surface area contributed by atoms with Gasteiger partial charge in [0.25, 0.3) is 0 Å². The summed E-state index contributed by atoms with van der Waals surface area (Å²) in [6.07, 6.45) is 0. The molecule has 110 valence electrons. The van der Waals surface area contributed by atoms with Crippen LogP contribution in [0.1, 0.15) is 0 Å². The molecule has 0 atom stereocenters. The van der Waals surface area contributed by atoms with Crippen LogP contribution in [-0.4, -0.2) is 0 Å². The molecule has 0 aliphatic heterocycles. The van der Waals surface area contributed by atoms with Crippen molar-refractivity contribution in [1.29, 1.82) is 0 Å². The standard InChI is InChI=1S/C24H14/c1-2-7-16-14-22-21(13-15(16)6-1)20-11-5-9-18-12-17-8-3-4-10-19(17)24(22)23(18)20/h1-14H. The first-order chi connectivity index (χ1) is 11.9. The second-order valence-corrected chi connectivity index (χ2v) is 6.62. The molecule has 0 spiro atoms. The van der Waals surface area contributed by atoms with Gasteiger partial charge in [-0.1, -0.05) is 66.7 Å². The van der Waals surface area contributed by atoms with E-state index in [2.05, 4.69) is 84.9 Å². The zero-order valence-corrected chi connectivity index (χ0v) is 13.1. The zero-order valence-electron chi connectivity index (χ0n) is 13.1. The molecular weight excluding hydrogens is 288 g/mol. The highest BCUT2D eigenvalue weighted by molar-refractivity contribution is 6.24. The summed E-state index contributed by atoms with van der Waals surface area (Å²) in [5, 5.41) is 8.03. The van der Waals surface area contributed by atoms with E-state index in [0.29, 0.717) is 0 Å². The number of fused-ring (bicyclic) bond motifs is 6. The third-order valence-electron chi connectivity index (χ3n) is 5.33. The van der Waals surface area contributed by atoms with E-state index in [0.717, 1.165) is 0 Å². The van der Waals surface area contributed by atoms with Crippen LogP contribution < -0.4 is 0 Å². The van der Waals surface area contributed by atoms with E-state index in [1.807, 2.05) is 0 Å². The van der Waals surface area contributed by atoms with E-state index < -0.39 is 0 Å². The third-order valence-corrected chi connectivity index (χ3v) is 5.33. The Kier molecular flexibility index (Phi) is 2.18. The molecule has 0 aromatic heterocycles. The Bertz CT molecular complexity index is 1290. The first-order valence-corrected chi connectivity index (χ1v) is 8.38. The van der Waals surface area contributed by atoms with Gasteiger partial charge < -0.3 is 0 Å². The summed E-state index contributed by atoms with van der Waals surface area (Å²) in [6, 6.07) is 31.1. The molecule has 0 heterocycles. The smallest absolute Gasteiger partial charge is 0.00141 e. The number of hydrogen-bond acceptors (Lipinski definition) is 0. The molecule has 1 aliphatic rings. The molecule has 24 heavy (non-hydrogen) atoms. The van der Waals surface area contributed by atoms with E-state index >= 15 is 0 Å². The Morgan fingerprint density at radius 3 is 1.92 bits per heavy atom. The van der Waals surface area contributed by atoms with Crippen LogP contribution in [0.3, 0.4) is 0 Å². The van der Waals surface area contributed by atoms with Crippen molar-refractivity contribution < 1.29 is 0 Å². The summed E-state index contributed by atoms with van der Waals surface area (Å²) < 4.78 is 0. The topological polar surface area (TPSA) is 0 Å². The summed E-state index contributed by atoms with van der Waals surface area (Å²) in [6.45, 7) is 0. The van der Waals surface area contributed by atoms with Crippen molar-refractivity contribution in [2.24, 2.45) is 0 Å². The van der Waals surface area contributed by atoms with Crippen molar-refractivity contribution in [2.45, 2.75) is 0 Å². The lowest BCUT2D eigenvalue weighted by atomic mass is 9.95. The molecular formula is C24H14. The van der Waals surface area contributed by atoms with Gasteiger partial charge >= 0.3 is 0 Å². The van der Waals surface area contributed by atoms with E-state index in [-0.39, 0.29) is 0 Å². The first kappa shape index (κ1) is 12.3. The fraction of sp³-hybridized carbons (Fsp3) is 0. The fourth-order valence-corrected chi connectivity index (χ4v) is 4.30. The molecule has 5 aromatic carbocycles. The molecule has 0 nitrogen and oxygen atoms in total. The van der Waals surface area contributed by atoms with E-state index in [1.54, 1.807) is 0 Å². The molecule has 0 bridgehead atoms. The molecule has 0 radical (unpaired) electrons. The second kappa shape index (κ2) is 4.24. The molecule has 0 N–H and O–H groups in total. The van der Waals surface area contributed by atoms with Crippen LogP contribution in [0.15, 0.2) is 84.9 Å². The van der Waals surface area contributed by atoms with Crippen LogP contribution in [0, 0.1) is 0 Å². The van der Waals surface area contributed by atoms with Gasteiger partial charge in [0.05, 0.1) is 0 Å². The van der Waals surface area contributed by atoms with Gasteiger partial charge in [-0.2, -0.15) is 0 Å². The van der Waals surface area contributed by atoms with Gasteiger partial charge in [-0.05, 0) is 72.8 Å². The van der Waals surface area contributed by atoms with Gasteiger partial charge in [-0.3, -0.25) is 0 Å². The second-order valence-electron chi connectivity index (χ2n) is 6.62. The Morgan fingerprint density at radius 1 is 0.417 bits per heavy atom. The molecule has 0 fully saturated rings. The molecule has 5 aromatic rings. The molecule has 0 saturated carbocycles.